The van der Waals surface area contributed by atoms with Crippen LogP contribution >= 0.6 is 0 Å². The highest BCUT2D eigenvalue weighted by molar-refractivity contribution is 7.90. The molecule has 0 unspecified atom stereocenters. The summed E-state index contributed by atoms with van der Waals surface area (Å²) in [7, 11) is -3.64. The molecule has 0 atom stereocenters. The average Bonchev–Trinajstić information content (AvgIpc) is 2.72. The van der Waals surface area contributed by atoms with Crippen molar-refractivity contribution in [3.63, 3.8) is 0 Å². The molecular weight excluding hydrogens is 417 g/mol. The van der Waals surface area contributed by atoms with Gasteiger partial charge >= 0.3 is 15.5 Å². The summed E-state index contributed by atoms with van der Waals surface area (Å²) >= 11 is 0. The van der Waals surface area contributed by atoms with Crippen molar-refractivity contribution in [2.75, 3.05) is 26.7 Å². The fraction of sp³-hybridized carbons (Fsp3) is 0.450. The zero-order chi connectivity index (χ0) is 21.8. The van der Waals surface area contributed by atoms with Gasteiger partial charge in [-0.25, -0.2) is 8.42 Å². The van der Waals surface area contributed by atoms with E-state index in [0.29, 0.717) is 16.8 Å². The van der Waals surface area contributed by atoms with Crippen LogP contribution in [-0.2, 0) is 16.4 Å². The molecule has 0 spiro atoms. The zero-order valence-electron chi connectivity index (χ0n) is 16.6. The molecule has 1 saturated heterocycles. The second-order valence-corrected chi connectivity index (χ2v) is 9.13. The number of benzene rings is 2. The molecular formula is C20H25F3N4O2S. The van der Waals surface area contributed by atoms with Gasteiger partial charge in [0, 0.05) is 32.7 Å². The van der Waals surface area contributed by atoms with Gasteiger partial charge in [0.2, 0.25) is 0 Å². The maximum absolute atomic E-state index is 12.7. The fourth-order valence-electron chi connectivity index (χ4n) is 3.49. The molecule has 0 aliphatic carbocycles. The van der Waals surface area contributed by atoms with E-state index in [-0.39, 0.29) is 32.0 Å². The highest BCUT2D eigenvalue weighted by Gasteiger charge is 2.50. The first-order chi connectivity index (χ1) is 14.2. The van der Waals surface area contributed by atoms with E-state index in [0.717, 1.165) is 6.42 Å². The van der Waals surface area contributed by atoms with Gasteiger partial charge in [-0.05, 0) is 35.6 Å². The Kier molecular flexibility index (Phi) is 6.87. The van der Waals surface area contributed by atoms with Crippen LogP contribution in [0.4, 0.5) is 13.2 Å². The number of rotatable bonds is 5. The van der Waals surface area contributed by atoms with Crippen LogP contribution in [0.1, 0.15) is 18.4 Å². The Morgan fingerprint density at radius 2 is 1.80 bits per heavy atom. The number of sulfonamides is 1. The maximum Gasteiger partial charge on any atom is 0.511 e. The highest BCUT2D eigenvalue weighted by atomic mass is 32.2. The normalized spacial score (nSPS) is 17.3. The Balaban J connectivity index is 1.47. The monoisotopic (exact) mass is 442 g/mol. The number of guanidine groups is 1. The third-order valence-corrected chi connectivity index (χ3v) is 6.80. The maximum atomic E-state index is 12.7. The van der Waals surface area contributed by atoms with Gasteiger partial charge in [0.1, 0.15) is 0 Å². The van der Waals surface area contributed by atoms with Crippen molar-refractivity contribution in [3.05, 3.63) is 48.0 Å². The molecule has 0 saturated carbocycles. The number of hydrogen-bond acceptors (Lipinski definition) is 3. The molecule has 0 radical (unpaired) electrons. The van der Waals surface area contributed by atoms with Crippen LogP contribution in [0, 0.1) is 0 Å². The smallest absolute Gasteiger partial charge is 0.356 e. The second kappa shape index (κ2) is 9.22. The molecule has 3 rings (SSSR count). The summed E-state index contributed by atoms with van der Waals surface area (Å²) < 4.78 is 61.5. The lowest BCUT2D eigenvalue weighted by molar-refractivity contribution is -0.0494. The zero-order valence-corrected chi connectivity index (χ0v) is 17.4. The molecule has 0 bridgehead atoms. The third kappa shape index (κ3) is 5.23. The second-order valence-electron chi connectivity index (χ2n) is 7.20. The van der Waals surface area contributed by atoms with Crippen molar-refractivity contribution >= 4 is 26.8 Å². The molecule has 2 N–H and O–H groups in total. The molecule has 0 aromatic heterocycles. The predicted octanol–water partition coefficient (Wildman–Crippen LogP) is 2.86. The minimum Gasteiger partial charge on any atom is -0.356 e. The third-order valence-electron chi connectivity index (χ3n) is 5.17. The Morgan fingerprint density at radius 1 is 1.13 bits per heavy atom. The predicted molar refractivity (Wildman–Crippen MR) is 112 cm³/mol. The van der Waals surface area contributed by atoms with Crippen LogP contribution in [0.3, 0.4) is 0 Å². The van der Waals surface area contributed by atoms with E-state index < -0.39 is 15.5 Å². The van der Waals surface area contributed by atoms with E-state index >= 15 is 0 Å². The van der Waals surface area contributed by atoms with E-state index in [9.17, 15) is 21.6 Å². The Morgan fingerprint density at radius 3 is 2.43 bits per heavy atom. The highest BCUT2D eigenvalue weighted by Crippen LogP contribution is 2.28. The van der Waals surface area contributed by atoms with Gasteiger partial charge < -0.3 is 10.6 Å². The number of alkyl halides is 3. The van der Waals surface area contributed by atoms with Gasteiger partial charge in [0.25, 0.3) is 0 Å². The molecule has 0 amide bonds. The van der Waals surface area contributed by atoms with E-state index in [1.165, 1.54) is 16.3 Å². The molecule has 1 heterocycles. The standard InChI is InChI=1S/C20H25F3N4O2S/c1-24-19(25-11-8-15-6-7-16-4-2-3-5-17(16)14-15)26-18-9-12-27(13-10-18)30(28,29)20(21,22)23/h2-7,14,18H,8-13H2,1H3,(H2,24,25,26). The number of halogens is 3. The Hall–Kier alpha value is -2.33. The number of piperidine rings is 1. The summed E-state index contributed by atoms with van der Waals surface area (Å²) in [6.07, 6.45) is 1.34. The summed E-state index contributed by atoms with van der Waals surface area (Å²) in [5.74, 6) is 0.549. The van der Waals surface area contributed by atoms with Crippen molar-refractivity contribution in [1.29, 1.82) is 0 Å². The lowest BCUT2D eigenvalue weighted by Gasteiger charge is -2.32. The van der Waals surface area contributed by atoms with E-state index in [4.69, 9.17) is 0 Å². The largest absolute Gasteiger partial charge is 0.511 e. The van der Waals surface area contributed by atoms with Crippen LogP contribution in [0.2, 0.25) is 0 Å². The van der Waals surface area contributed by atoms with Crippen LogP contribution in [-0.4, -0.2) is 56.9 Å². The average molecular weight is 443 g/mol. The number of hydrogen-bond donors (Lipinski definition) is 2. The van der Waals surface area contributed by atoms with Crippen LogP contribution in [0.15, 0.2) is 47.5 Å². The van der Waals surface area contributed by atoms with Gasteiger partial charge in [0.05, 0.1) is 0 Å². The molecule has 6 nitrogen and oxygen atoms in total. The van der Waals surface area contributed by atoms with E-state index in [2.05, 4.69) is 46.0 Å². The molecule has 10 heteroatoms. The fourth-order valence-corrected chi connectivity index (χ4v) is 4.48. The van der Waals surface area contributed by atoms with Crippen molar-refractivity contribution in [2.24, 2.45) is 4.99 Å². The first kappa shape index (κ1) is 22.4. The topological polar surface area (TPSA) is 73.8 Å². The number of nitrogens with one attached hydrogen (secondary N) is 2. The van der Waals surface area contributed by atoms with Gasteiger partial charge in [-0.15, -0.1) is 0 Å². The molecule has 164 valence electrons. The molecule has 2 aromatic rings. The van der Waals surface area contributed by atoms with Gasteiger partial charge in [-0.1, -0.05) is 42.5 Å². The quantitative estimate of drug-likeness (QED) is 0.552. The summed E-state index contributed by atoms with van der Waals surface area (Å²) in [6, 6.07) is 14.3. The summed E-state index contributed by atoms with van der Waals surface area (Å²) in [5.41, 5.74) is -4.07. The summed E-state index contributed by atoms with van der Waals surface area (Å²) in [6.45, 7) is 0.292. The number of fused-ring (bicyclic) bond motifs is 1. The van der Waals surface area contributed by atoms with Gasteiger partial charge in [0.15, 0.2) is 5.96 Å². The Labute approximate surface area is 174 Å². The molecule has 2 aromatic carbocycles. The van der Waals surface area contributed by atoms with Gasteiger partial charge in [-0.2, -0.15) is 17.5 Å². The van der Waals surface area contributed by atoms with Crippen molar-refractivity contribution < 1.29 is 21.6 Å². The van der Waals surface area contributed by atoms with Crippen LogP contribution < -0.4 is 10.6 Å². The van der Waals surface area contributed by atoms with Crippen LogP contribution in [0.5, 0.6) is 0 Å². The number of nitrogens with zero attached hydrogens (tertiary/aromatic N) is 2. The Bertz CT molecular complexity index is 1000. The minimum absolute atomic E-state index is 0.142. The van der Waals surface area contributed by atoms with E-state index in [1.807, 2.05) is 12.1 Å². The van der Waals surface area contributed by atoms with E-state index in [1.54, 1.807) is 7.05 Å². The first-order valence-electron chi connectivity index (χ1n) is 9.72. The summed E-state index contributed by atoms with van der Waals surface area (Å²) in [4.78, 5) is 4.15. The van der Waals surface area contributed by atoms with Crippen molar-refractivity contribution in [1.82, 2.24) is 14.9 Å². The summed E-state index contributed by atoms with van der Waals surface area (Å²) in [5, 5.41) is 8.74. The molecule has 30 heavy (non-hydrogen) atoms. The van der Waals surface area contributed by atoms with Crippen LogP contribution in [0.25, 0.3) is 10.8 Å². The van der Waals surface area contributed by atoms with Gasteiger partial charge in [-0.3, -0.25) is 4.99 Å². The lowest BCUT2D eigenvalue weighted by atomic mass is 10.1. The molecule has 1 aliphatic heterocycles. The SMILES string of the molecule is CN=C(NCCc1ccc2ccccc2c1)NC1CCN(S(=O)(=O)C(F)(F)F)CC1. The molecule has 1 fully saturated rings. The lowest BCUT2D eigenvalue weighted by Crippen LogP contribution is -2.51. The van der Waals surface area contributed by atoms with Crippen molar-refractivity contribution in [3.8, 4) is 0 Å². The minimum atomic E-state index is -5.26. The first-order valence-corrected chi connectivity index (χ1v) is 11.2. The number of aliphatic imine (C=N–C) groups is 1. The molecule has 1 aliphatic rings. The van der Waals surface area contributed by atoms with Crippen molar-refractivity contribution in [2.45, 2.75) is 30.8 Å².